The molecule has 5 heteroatoms. The lowest BCUT2D eigenvalue weighted by Gasteiger charge is -2.38. The molecule has 0 unspecified atom stereocenters. The van der Waals surface area contributed by atoms with Crippen LogP contribution in [0.15, 0.2) is 48.5 Å². The number of nitrogens with zero attached hydrogens (tertiary/aromatic N) is 3. The SMILES string of the molecule is COc1ccccc1N1CCN(C(=O)CN2CCc3ccccc3C2)CC1. The van der Waals surface area contributed by atoms with Gasteiger partial charge in [0.25, 0.3) is 0 Å². The summed E-state index contributed by atoms with van der Waals surface area (Å²) in [5, 5.41) is 0. The van der Waals surface area contributed by atoms with Crippen LogP contribution in [0.25, 0.3) is 0 Å². The number of hydrogen-bond acceptors (Lipinski definition) is 4. The van der Waals surface area contributed by atoms with Gasteiger partial charge in [-0.2, -0.15) is 0 Å². The van der Waals surface area contributed by atoms with Crippen molar-refractivity contribution >= 4 is 11.6 Å². The number of hydrogen-bond donors (Lipinski definition) is 0. The van der Waals surface area contributed by atoms with Gasteiger partial charge >= 0.3 is 0 Å². The number of rotatable bonds is 4. The number of piperazine rings is 1. The van der Waals surface area contributed by atoms with Gasteiger partial charge in [0.2, 0.25) is 5.91 Å². The maximum absolute atomic E-state index is 12.8. The van der Waals surface area contributed by atoms with E-state index < -0.39 is 0 Å². The highest BCUT2D eigenvalue weighted by Gasteiger charge is 2.25. The van der Waals surface area contributed by atoms with Gasteiger partial charge in [-0.05, 0) is 29.7 Å². The second-order valence-electron chi connectivity index (χ2n) is 7.27. The van der Waals surface area contributed by atoms with Gasteiger partial charge in [-0.3, -0.25) is 9.69 Å². The van der Waals surface area contributed by atoms with Crippen molar-refractivity contribution in [2.24, 2.45) is 0 Å². The highest BCUT2D eigenvalue weighted by Crippen LogP contribution is 2.28. The third-order valence-corrected chi connectivity index (χ3v) is 5.63. The van der Waals surface area contributed by atoms with E-state index in [1.807, 2.05) is 23.1 Å². The number of ether oxygens (including phenoxy) is 1. The Hall–Kier alpha value is -2.53. The third kappa shape index (κ3) is 3.93. The Labute approximate surface area is 161 Å². The van der Waals surface area contributed by atoms with Crippen LogP contribution in [0.4, 0.5) is 5.69 Å². The number of fused-ring (bicyclic) bond motifs is 1. The van der Waals surface area contributed by atoms with E-state index in [1.54, 1.807) is 7.11 Å². The summed E-state index contributed by atoms with van der Waals surface area (Å²) in [6, 6.07) is 16.6. The molecular weight excluding hydrogens is 338 g/mol. The molecule has 2 aliphatic rings. The summed E-state index contributed by atoms with van der Waals surface area (Å²) >= 11 is 0. The molecule has 2 aromatic rings. The predicted octanol–water partition coefficient (Wildman–Crippen LogP) is 2.40. The lowest BCUT2D eigenvalue weighted by molar-refractivity contribution is -0.132. The number of carbonyl (C=O) groups excluding carboxylic acids is 1. The van der Waals surface area contributed by atoms with E-state index in [0.29, 0.717) is 6.54 Å². The second kappa shape index (κ2) is 8.01. The van der Waals surface area contributed by atoms with Crippen LogP contribution in [0.2, 0.25) is 0 Å². The Morgan fingerprint density at radius 3 is 2.41 bits per heavy atom. The Morgan fingerprint density at radius 1 is 0.926 bits per heavy atom. The molecule has 0 aromatic heterocycles. The standard InChI is InChI=1S/C22H27N3O2/c1-27-21-9-5-4-8-20(21)24-12-14-25(15-13-24)22(26)17-23-11-10-18-6-2-3-7-19(18)16-23/h2-9H,10-17H2,1H3. The average Bonchev–Trinajstić information content (AvgIpc) is 2.73. The van der Waals surface area contributed by atoms with Crippen LogP contribution < -0.4 is 9.64 Å². The molecule has 2 heterocycles. The molecule has 0 atom stereocenters. The molecule has 2 aromatic carbocycles. The highest BCUT2D eigenvalue weighted by molar-refractivity contribution is 5.78. The molecule has 0 saturated carbocycles. The molecule has 0 radical (unpaired) electrons. The van der Waals surface area contributed by atoms with Gasteiger partial charge in [0.15, 0.2) is 0 Å². The molecule has 5 nitrogen and oxygen atoms in total. The molecular formula is C22H27N3O2. The van der Waals surface area contributed by atoms with Crippen LogP contribution in [-0.4, -0.2) is 62.1 Å². The molecule has 1 saturated heterocycles. The minimum atomic E-state index is 0.244. The summed E-state index contributed by atoms with van der Waals surface area (Å²) < 4.78 is 5.47. The van der Waals surface area contributed by atoms with Crippen LogP contribution in [-0.2, 0) is 17.8 Å². The fourth-order valence-electron chi connectivity index (χ4n) is 4.07. The Kier molecular flexibility index (Phi) is 5.30. The van der Waals surface area contributed by atoms with Gasteiger partial charge in [0, 0.05) is 39.3 Å². The number of methoxy groups -OCH3 is 1. The van der Waals surface area contributed by atoms with Crippen molar-refractivity contribution in [1.82, 2.24) is 9.80 Å². The fraction of sp³-hybridized carbons (Fsp3) is 0.409. The van der Waals surface area contributed by atoms with Crippen molar-refractivity contribution in [3.8, 4) is 5.75 Å². The lowest BCUT2D eigenvalue weighted by Crippen LogP contribution is -2.51. The van der Waals surface area contributed by atoms with Crippen molar-refractivity contribution in [1.29, 1.82) is 0 Å². The smallest absolute Gasteiger partial charge is 0.236 e. The topological polar surface area (TPSA) is 36.0 Å². The first kappa shape index (κ1) is 17.9. The van der Waals surface area contributed by atoms with Crippen LogP contribution in [0, 0.1) is 0 Å². The van der Waals surface area contributed by atoms with E-state index in [1.165, 1.54) is 11.1 Å². The molecule has 2 aliphatic heterocycles. The molecule has 0 bridgehead atoms. The number of anilines is 1. The van der Waals surface area contributed by atoms with E-state index in [0.717, 1.165) is 57.1 Å². The summed E-state index contributed by atoms with van der Waals surface area (Å²) in [6.07, 6.45) is 1.03. The zero-order valence-corrected chi connectivity index (χ0v) is 15.9. The van der Waals surface area contributed by atoms with Crippen molar-refractivity contribution < 1.29 is 9.53 Å². The zero-order chi connectivity index (χ0) is 18.6. The monoisotopic (exact) mass is 365 g/mol. The largest absolute Gasteiger partial charge is 0.495 e. The summed E-state index contributed by atoms with van der Waals surface area (Å²) in [5.41, 5.74) is 3.89. The van der Waals surface area contributed by atoms with Crippen LogP contribution >= 0.6 is 0 Å². The maximum atomic E-state index is 12.8. The van der Waals surface area contributed by atoms with Gasteiger partial charge in [0.1, 0.15) is 5.75 Å². The molecule has 0 spiro atoms. The van der Waals surface area contributed by atoms with Gasteiger partial charge in [0.05, 0.1) is 19.3 Å². The summed E-state index contributed by atoms with van der Waals surface area (Å²) in [5.74, 6) is 1.14. The molecule has 1 fully saturated rings. The van der Waals surface area contributed by atoms with Crippen molar-refractivity contribution in [3.63, 3.8) is 0 Å². The third-order valence-electron chi connectivity index (χ3n) is 5.63. The lowest BCUT2D eigenvalue weighted by atomic mass is 10.00. The highest BCUT2D eigenvalue weighted by atomic mass is 16.5. The normalized spacial score (nSPS) is 17.5. The number of benzene rings is 2. The van der Waals surface area contributed by atoms with Gasteiger partial charge in [-0.1, -0.05) is 36.4 Å². The summed E-state index contributed by atoms with van der Waals surface area (Å²) in [4.78, 5) is 19.4. The van der Waals surface area contributed by atoms with Crippen molar-refractivity contribution in [3.05, 3.63) is 59.7 Å². The number of para-hydroxylation sites is 2. The van der Waals surface area contributed by atoms with Gasteiger partial charge in [-0.15, -0.1) is 0 Å². The Morgan fingerprint density at radius 2 is 1.63 bits per heavy atom. The minimum absolute atomic E-state index is 0.244. The van der Waals surface area contributed by atoms with E-state index in [2.05, 4.69) is 40.1 Å². The Balaban J connectivity index is 1.32. The minimum Gasteiger partial charge on any atom is -0.495 e. The number of amides is 1. The summed E-state index contributed by atoms with van der Waals surface area (Å²) in [7, 11) is 1.70. The first-order valence-corrected chi connectivity index (χ1v) is 9.69. The predicted molar refractivity (Wildman–Crippen MR) is 107 cm³/mol. The van der Waals surface area contributed by atoms with E-state index in [4.69, 9.17) is 4.74 Å². The van der Waals surface area contributed by atoms with Crippen LogP contribution in [0.3, 0.4) is 0 Å². The summed E-state index contributed by atoms with van der Waals surface area (Å²) in [6.45, 7) is 5.57. The zero-order valence-electron chi connectivity index (χ0n) is 15.9. The molecule has 1 amide bonds. The Bertz CT molecular complexity index is 800. The molecule has 0 aliphatic carbocycles. The number of carbonyl (C=O) groups is 1. The van der Waals surface area contributed by atoms with E-state index in [-0.39, 0.29) is 5.91 Å². The second-order valence-corrected chi connectivity index (χ2v) is 7.27. The quantitative estimate of drug-likeness (QED) is 0.834. The fourth-order valence-corrected chi connectivity index (χ4v) is 4.07. The van der Waals surface area contributed by atoms with Gasteiger partial charge < -0.3 is 14.5 Å². The molecule has 27 heavy (non-hydrogen) atoms. The van der Waals surface area contributed by atoms with Crippen molar-refractivity contribution in [2.45, 2.75) is 13.0 Å². The van der Waals surface area contributed by atoms with Gasteiger partial charge in [-0.25, -0.2) is 0 Å². The van der Waals surface area contributed by atoms with E-state index in [9.17, 15) is 4.79 Å². The first-order valence-electron chi connectivity index (χ1n) is 9.69. The first-order chi connectivity index (χ1) is 13.2. The molecule has 4 rings (SSSR count). The molecule has 0 N–H and O–H groups in total. The van der Waals surface area contributed by atoms with Crippen LogP contribution in [0.5, 0.6) is 5.75 Å². The average molecular weight is 365 g/mol. The maximum Gasteiger partial charge on any atom is 0.236 e. The van der Waals surface area contributed by atoms with Crippen LogP contribution in [0.1, 0.15) is 11.1 Å². The molecule has 142 valence electrons. The van der Waals surface area contributed by atoms with E-state index >= 15 is 0 Å². The van der Waals surface area contributed by atoms with Crippen molar-refractivity contribution in [2.75, 3.05) is 51.3 Å².